The van der Waals surface area contributed by atoms with Crippen LogP contribution in [0.15, 0.2) is 40.7 Å². The highest BCUT2D eigenvalue weighted by Crippen LogP contribution is 2.23. The third-order valence-corrected chi connectivity index (χ3v) is 6.02. The van der Waals surface area contributed by atoms with Crippen molar-refractivity contribution in [2.75, 3.05) is 39.4 Å². The normalized spacial score (nSPS) is 16.2. The summed E-state index contributed by atoms with van der Waals surface area (Å²) < 4.78 is 5.51. The molecule has 0 amide bonds. The summed E-state index contributed by atoms with van der Waals surface area (Å²) in [7, 11) is 0. The summed E-state index contributed by atoms with van der Waals surface area (Å²) in [5.41, 5.74) is 2.16. The van der Waals surface area contributed by atoms with Gasteiger partial charge in [0.1, 0.15) is 5.01 Å². The number of halogens is 1. The number of hydrogen-bond acceptors (Lipinski definition) is 5. The third kappa shape index (κ3) is 7.47. The predicted molar refractivity (Wildman–Crippen MR) is 137 cm³/mol. The predicted octanol–water partition coefficient (Wildman–Crippen LogP) is 3.84. The molecule has 1 aliphatic heterocycles. The number of nitrogens with zero attached hydrogens (tertiary/aromatic N) is 3. The molecule has 2 aromatic rings. The number of aliphatic imine (C=N–C) groups is 1. The summed E-state index contributed by atoms with van der Waals surface area (Å²) in [6.45, 7) is 12.6. The van der Waals surface area contributed by atoms with Crippen LogP contribution in [0, 0.1) is 5.92 Å². The molecule has 166 valence electrons. The molecule has 3 rings (SSSR count). The smallest absolute Gasteiger partial charge is 0.191 e. The fraction of sp³-hybridized carbons (Fsp3) is 0.545. The average molecular weight is 544 g/mol. The molecule has 1 aromatic heterocycles. The van der Waals surface area contributed by atoms with Crippen LogP contribution < -0.4 is 10.6 Å². The first kappa shape index (κ1) is 25.0. The molecule has 0 bridgehead atoms. The minimum Gasteiger partial charge on any atom is -0.379 e. The second-order valence-electron chi connectivity index (χ2n) is 7.55. The van der Waals surface area contributed by atoms with E-state index in [0.717, 1.165) is 61.6 Å². The van der Waals surface area contributed by atoms with Crippen LogP contribution >= 0.6 is 35.3 Å². The molecule has 0 aliphatic carbocycles. The number of rotatable bonds is 8. The molecule has 1 saturated heterocycles. The van der Waals surface area contributed by atoms with E-state index < -0.39 is 0 Å². The number of aromatic nitrogens is 1. The van der Waals surface area contributed by atoms with E-state index in [1.807, 2.05) is 18.2 Å². The van der Waals surface area contributed by atoms with Gasteiger partial charge in [0.05, 0.1) is 25.5 Å². The van der Waals surface area contributed by atoms with Crippen molar-refractivity contribution in [3.63, 3.8) is 0 Å². The summed E-state index contributed by atoms with van der Waals surface area (Å²) in [6, 6.07) is 10.8. The Kier molecular flexibility index (Phi) is 11.0. The Bertz CT molecular complexity index is 762. The molecule has 0 spiro atoms. The zero-order chi connectivity index (χ0) is 20.5. The maximum atomic E-state index is 5.51. The molecule has 8 heteroatoms. The average Bonchev–Trinajstić information content (AvgIpc) is 3.22. The van der Waals surface area contributed by atoms with Crippen molar-refractivity contribution in [2.24, 2.45) is 10.9 Å². The minimum absolute atomic E-state index is 0. The van der Waals surface area contributed by atoms with Gasteiger partial charge in [0, 0.05) is 43.2 Å². The first-order valence-corrected chi connectivity index (χ1v) is 11.4. The number of nitrogens with one attached hydrogen (secondary N) is 2. The molecule has 1 aliphatic rings. The lowest BCUT2D eigenvalue weighted by molar-refractivity contribution is 0.00752. The molecule has 6 nitrogen and oxygen atoms in total. The van der Waals surface area contributed by atoms with Crippen LogP contribution in [0.3, 0.4) is 0 Å². The molecular weight excluding hydrogens is 509 g/mol. The van der Waals surface area contributed by atoms with Gasteiger partial charge < -0.3 is 15.4 Å². The first-order chi connectivity index (χ1) is 14.2. The summed E-state index contributed by atoms with van der Waals surface area (Å²) in [6.07, 6.45) is 0. The van der Waals surface area contributed by atoms with E-state index in [4.69, 9.17) is 14.7 Å². The van der Waals surface area contributed by atoms with Gasteiger partial charge in [-0.3, -0.25) is 4.90 Å². The van der Waals surface area contributed by atoms with Gasteiger partial charge in [-0.2, -0.15) is 0 Å². The van der Waals surface area contributed by atoms with Crippen LogP contribution in [0.1, 0.15) is 26.5 Å². The number of hydrogen-bond donors (Lipinski definition) is 2. The molecule has 1 fully saturated rings. The Morgan fingerprint density at radius 1 is 1.20 bits per heavy atom. The molecule has 0 saturated carbocycles. The number of ether oxygens (including phenoxy) is 1. The minimum atomic E-state index is 0. The Balaban J connectivity index is 0.00000320. The number of morpholine rings is 1. The fourth-order valence-electron chi connectivity index (χ4n) is 3.49. The van der Waals surface area contributed by atoms with Crippen molar-refractivity contribution in [2.45, 2.75) is 33.4 Å². The van der Waals surface area contributed by atoms with Crippen LogP contribution in [0.5, 0.6) is 0 Å². The van der Waals surface area contributed by atoms with Gasteiger partial charge in [0.15, 0.2) is 5.96 Å². The van der Waals surface area contributed by atoms with Gasteiger partial charge in [0.25, 0.3) is 0 Å². The first-order valence-electron chi connectivity index (χ1n) is 10.5. The maximum absolute atomic E-state index is 5.51. The van der Waals surface area contributed by atoms with E-state index in [-0.39, 0.29) is 24.0 Å². The molecule has 30 heavy (non-hydrogen) atoms. The van der Waals surface area contributed by atoms with Crippen molar-refractivity contribution >= 4 is 41.3 Å². The molecule has 2 N–H and O–H groups in total. The second-order valence-corrected chi connectivity index (χ2v) is 8.40. The third-order valence-electron chi connectivity index (χ3n) is 5.08. The van der Waals surface area contributed by atoms with E-state index in [2.05, 4.69) is 53.8 Å². The molecule has 1 atom stereocenters. The van der Waals surface area contributed by atoms with Crippen LogP contribution in [-0.4, -0.2) is 61.3 Å². The number of benzene rings is 1. The topological polar surface area (TPSA) is 61.8 Å². The van der Waals surface area contributed by atoms with E-state index in [1.54, 1.807) is 11.3 Å². The highest BCUT2D eigenvalue weighted by Gasteiger charge is 2.23. The van der Waals surface area contributed by atoms with Crippen molar-refractivity contribution in [1.29, 1.82) is 0 Å². The van der Waals surface area contributed by atoms with Crippen molar-refractivity contribution in [3.8, 4) is 10.6 Å². The molecule has 1 aromatic carbocycles. The Hall–Kier alpha value is -1.23. The van der Waals surface area contributed by atoms with Crippen molar-refractivity contribution in [3.05, 3.63) is 41.4 Å². The molecule has 0 radical (unpaired) electrons. The zero-order valence-electron chi connectivity index (χ0n) is 18.1. The number of guanidine groups is 1. The van der Waals surface area contributed by atoms with Crippen molar-refractivity contribution < 1.29 is 4.74 Å². The number of thiazole rings is 1. The van der Waals surface area contributed by atoms with Crippen LogP contribution in [0.25, 0.3) is 10.6 Å². The van der Waals surface area contributed by atoms with Gasteiger partial charge in [0.2, 0.25) is 0 Å². The maximum Gasteiger partial charge on any atom is 0.191 e. The fourth-order valence-corrected chi connectivity index (χ4v) is 4.31. The van der Waals surface area contributed by atoms with Crippen LogP contribution in [0.2, 0.25) is 0 Å². The summed E-state index contributed by atoms with van der Waals surface area (Å²) in [5.74, 6) is 1.41. The van der Waals surface area contributed by atoms with Gasteiger partial charge in [-0.1, -0.05) is 44.2 Å². The lowest BCUT2D eigenvalue weighted by Crippen LogP contribution is -2.52. The second kappa shape index (κ2) is 13.2. The van der Waals surface area contributed by atoms with Gasteiger partial charge in [-0.05, 0) is 12.8 Å². The lowest BCUT2D eigenvalue weighted by Gasteiger charge is -2.37. The summed E-state index contributed by atoms with van der Waals surface area (Å²) in [5, 5.41) is 10.0. The highest BCUT2D eigenvalue weighted by molar-refractivity contribution is 14.0. The zero-order valence-corrected chi connectivity index (χ0v) is 21.3. The van der Waals surface area contributed by atoms with E-state index >= 15 is 0 Å². The van der Waals surface area contributed by atoms with Gasteiger partial charge in [-0.15, -0.1) is 35.3 Å². The van der Waals surface area contributed by atoms with Crippen molar-refractivity contribution in [1.82, 2.24) is 20.5 Å². The van der Waals surface area contributed by atoms with E-state index in [1.165, 1.54) is 0 Å². The molecule has 1 unspecified atom stereocenters. The van der Waals surface area contributed by atoms with Gasteiger partial charge in [-0.25, -0.2) is 9.98 Å². The van der Waals surface area contributed by atoms with Crippen LogP contribution in [0.4, 0.5) is 0 Å². The monoisotopic (exact) mass is 543 g/mol. The summed E-state index contributed by atoms with van der Waals surface area (Å²) in [4.78, 5) is 12.0. The van der Waals surface area contributed by atoms with Gasteiger partial charge >= 0.3 is 0 Å². The van der Waals surface area contributed by atoms with Crippen LogP contribution in [-0.2, 0) is 11.3 Å². The standard InChI is InChI=1S/C22H33N5OS.HI/c1-4-23-22(25-15-20(17(2)3)27-10-12-28-13-11-27)24-14-19-16-29-21(26-19)18-8-6-5-7-9-18;/h5-9,16-17,20H,4,10-15H2,1-3H3,(H2,23,24,25);1H. The largest absolute Gasteiger partial charge is 0.379 e. The molecule has 2 heterocycles. The lowest BCUT2D eigenvalue weighted by atomic mass is 10.0. The SMILES string of the molecule is CCNC(=NCc1csc(-c2ccccc2)n1)NCC(C(C)C)N1CCOCC1.I. The Morgan fingerprint density at radius 3 is 2.60 bits per heavy atom. The highest BCUT2D eigenvalue weighted by atomic mass is 127. The Morgan fingerprint density at radius 2 is 1.93 bits per heavy atom. The Labute approximate surface area is 201 Å². The van der Waals surface area contributed by atoms with E-state index in [0.29, 0.717) is 18.5 Å². The molecular formula is C22H34IN5OS. The van der Waals surface area contributed by atoms with E-state index in [9.17, 15) is 0 Å². The quantitative estimate of drug-likeness (QED) is 0.301. The summed E-state index contributed by atoms with van der Waals surface area (Å²) >= 11 is 1.67.